The summed E-state index contributed by atoms with van der Waals surface area (Å²) in [6.45, 7) is 9.06. The van der Waals surface area contributed by atoms with Crippen LogP contribution in [0.5, 0.6) is 0 Å². The molecule has 0 heterocycles. The van der Waals surface area contributed by atoms with Gasteiger partial charge in [-0.25, -0.2) is 9.59 Å². The van der Waals surface area contributed by atoms with E-state index in [1.54, 1.807) is 12.1 Å². The topological polar surface area (TPSA) is 63.6 Å². The summed E-state index contributed by atoms with van der Waals surface area (Å²) in [6.07, 6.45) is 1.88. The Hall–Kier alpha value is -1.84. The molecule has 1 atom stereocenters. The fraction of sp³-hybridized carbons (Fsp3) is 0.529. The van der Waals surface area contributed by atoms with E-state index in [0.717, 1.165) is 12.8 Å². The first kappa shape index (κ1) is 17.2. The first-order valence-electron chi connectivity index (χ1n) is 7.19. The second-order valence-electron chi connectivity index (χ2n) is 6.68. The molecule has 0 saturated heterocycles. The van der Waals surface area contributed by atoms with Crippen LogP contribution in [0.2, 0.25) is 0 Å². The van der Waals surface area contributed by atoms with Crippen molar-refractivity contribution in [3.63, 3.8) is 0 Å². The summed E-state index contributed by atoms with van der Waals surface area (Å²) in [5.41, 5.74) is 0.628. The molecule has 0 radical (unpaired) electrons. The lowest BCUT2D eigenvalue weighted by atomic mass is 9.84. The zero-order valence-electron chi connectivity index (χ0n) is 13.2. The third kappa shape index (κ3) is 6.43. The molecule has 0 aliphatic heterocycles. The van der Waals surface area contributed by atoms with E-state index < -0.39 is 11.9 Å². The van der Waals surface area contributed by atoms with Crippen LogP contribution < -0.4 is 0 Å². The van der Waals surface area contributed by atoms with Crippen LogP contribution >= 0.6 is 0 Å². The van der Waals surface area contributed by atoms with E-state index in [1.165, 1.54) is 12.1 Å². The minimum absolute atomic E-state index is 0.0885. The van der Waals surface area contributed by atoms with E-state index in [1.807, 2.05) is 0 Å². The summed E-state index contributed by atoms with van der Waals surface area (Å²) in [5, 5.41) is 8.90. The highest BCUT2D eigenvalue weighted by molar-refractivity contribution is 5.94. The molecule has 1 aromatic rings. The molecule has 0 aliphatic carbocycles. The molecule has 1 N–H and O–H groups in total. The highest BCUT2D eigenvalue weighted by atomic mass is 16.5. The number of ether oxygens (including phenoxy) is 1. The number of carbonyl (C=O) groups is 2. The minimum atomic E-state index is -1.05. The SMILES string of the molecule is CC(CCOC(=O)c1cccc(C(=O)O)c1)CC(C)(C)C. The van der Waals surface area contributed by atoms with Crippen molar-refractivity contribution < 1.29 is 19.4 Å². The molecule has 0 amide bonds. The van der Waals surface area contributed by atoms with Gasteiger partial charge in [-0.3, -0.25) is 0 Å². The van der Waals surface area contributed by atoms with Gasteiger partial charge in [-0.2, -0.15) is 0 Å². The van der Waals surface area contributed by atoms with Gasteiger partial charge in [0.15, 0.2) is 0 Å². The number of rotatable bonds is 6. The van der Waals surface area contributed by atoms with Gasteiger partial charge in [0.2, 0.25) is 0 Å². The maximum Gasteiger partial charge on any atom is 0.338 e. The van der Waals surface area contributed by atoms with E-state index in [2.05, 4.69) is 27.7 Å². The number of hydrogen-bond acceptors (Lipinski definition) is 3. The van der Waals surface area contributed by atoms with Crippen molar-refractivity contribution in [1.82, 2.24) is 0 Å². The number of carbonyl (C=O) groups excluding carboxylic acids is 1. The van der Waals surface area contributed by atoms with E-state index >= 15 is 0 Å². The maximum atomic E-state index is 11.9. The number of esters is 1. The van der Waals surface area contributed by atoms with Crippen molar-refractivity contribution in [2.75, 3.05) is 6.61 Å². The number of hydrogen-bond donors (Lipinski definition) is 1. The predicted octanol–water partition coefficient (Wildman–Crippen LogP) is 4.00. The molecule has 0 aliphatic rings. The Kier molecular flexibility index (Phi) is 5.94. The van der Waals surface area contributed by atoms with Crippen molar-refractivity contribution in [2.45, 2.75) is 40.5 Å². The summed E-state index contributed by atoms with van der Waals surface area (Å²) in [6, 6.07) is 5.89. The molecule has 4 nitrogen and oxygen atoms in total. The molecule has 1 rings (SSSR count). The van der Waals surface area contributed by atoms with Crippen molar-refractivity contribution in [3.05, 3.63) is 35.4 Å². The van der Waals surface area contributed by atoms with E-state index in [0.29, 0.717) is 12.5 Å². The van der Waals surface area contributed by atoms with E-state index in [4.69, 9.17) is 9.84 Å². The van der Waals surface area contributed by atoms with Crippen LogP contribution in [0, 0.1) is 11.3 Å². The molecule has 0 bridgehead atoms. The van der Waals surface area contributed by atoms with Gasteiger partial charge in [-0.1, -0.05) is 33.8 Å². The molecule has 4 heteroatoms. The van der Waals surface area contributed by atoms with Crippen molar-refractivity contribution in [1.29, 1.82) is 0 Å². The number of carboxylic acids is 1. The van der Waals surface area contributed by atoms with Crippen LogP contribution in [0.15, 0.2) is 24.3 Å². The Morgan fingerprint density at radius 1 is 1.24 bits per heavy atom. The van der Waals surface area contributed by atoms with Gasteiger partial charge in [0.1, 0.15) is 0 Å². The molecule has 1 aromatic carbocycles. The monoisotopic (exact) mass is 292 g/mol. The quantitative estimate of drug-likeness (QED) is 0.805. The van der Waals surface area contributed by atoms with Crippen LogP contribution in [-0.4, -0.2) is 23.7 Å². The van der Waals surface area contributed by atoms with Crippen molar-refractivity contribution in [2.24, 2.45) is 11.3 Å². The lowest BCUT2D eigenvalue weighted by Gasteiger charge is -2.23. The van der Waals surface area contributed by atoms with Gasteiger partial charge in [0.25, 0.3) is 0 Å². The summed E-state index contributed by atoms with van der Waals surface area (Å²) in [7, 11) is 0. The van der Waals surface area contributed by atoms with Crippen LogP contribution in [0.1, 0.15) is 61.3 Å². The molecule has 0 spiro atoms. The van der Waals surface area contributed by atoms with Gasteiger partial charge in [-0.15, -0.1) is 0 Å². The molecule has 0 fully saturated rings. The predicted molar refractivity (Wildman–Crippen MR) is 81.5 cm³/mol. The average molecular weight is 292 g/mol. The third-order valence-corrected chi connectivity index (χ3v) is 3.15. The summed E-state index contributed by atoms with van der Waals surface area (Å²) in [5.74, 6) is -1.05. The van der Waals surface area contributed by atoms with Crippen LogP contribution in [0.3, 0.4) is 0 Å². The van der Waals surface area contributed by atoms with Gasteiger partial charge in [-0.05, 0) is 42.4 Å². The summed E-state index contributed by atoms with van der Waals surface area (Å²) >= 11 is 0. The standard InChI is InChI=1S/C17H24O4/c1-12(11-17(2,3)4)8-9-21-16(20)14-7-5-6-13(10-14)15(18)19/h5-7,10,12H,8-9,11H2,1-4H3,(H,18,19). The lowest BCUT2D eigenvalue weighted by molar-refractivity contribution is 0.0478. The normalized spacial score (nSPS) is 12.8. The molecule has 0 aromatic heterocycles. The summed E-state index contributed by atoms with van der Waals surface area (Å²) in [4.78, 5) is 22.7. The number of aromatic carboxylic acids is 1. The molecule has 0 saturated carbocycles. The second kappa shape index (κ2) is 7.25. The number of benzene rings is 1. The lowest BCUT2D eigenvalue weighted by Crippen LogP contribution is -2.14. The largest absolute Gasteiger partial charge is 0.478 e. The molecule has 116 valence electrons. The molecular weight excluding hydrogens is 268 g/mol. The van der Waals surface area contributed by atoms with Gasteiger partial charge in [0.05, 0.1) is 17.7 Å². The molecule has 21 heavy (non-hydrogen) atoms. The first-order chi connectivity index (χ1) is 9.69. The molecule has 1 unspecified atom stereocenters. The Balaban J connectivity index is 2.47. The van der Waals surface area contributed by atoms with Gasteiger partial charge >= 0.3 is 11.9 Å². The zero-order chi connectivity index (χ0) is 16.0. The van der Waals surface area contributed by atoms with Crippen LogP contribution in [0.25, 0.3) is 0 Å². The highest BCUT2D eigenvalue weighted by Crippen LogP contribution is 2.25. The third-order valence-electron chi connectivity index (χ3n) is 3.15. The van der Waals surface area contributed by atoms with E-state index in [-0.39, 0.29) is 16.5 Å². The smallest absolute Gasteiger partial charge is 0.338 e. The van der Waals surface area contributed by atoms with Crippen molar-refractivity contribution >= 4 is 11.9 Å². The molecular formula is C17H24O4. The van der Waals surface area contributed by atoms with Crippen molar-refractivity contribution in [3.8, 4) is 0 Å². The Labute approximate surface area is 126 Å². The Morgan fingerprint density at radius 3 is 2.43 bits per heavy atom. The van der Waals surface area contributed by atoms with E-state index in [9.17, 15) is 9.59 Å². The first-order valence-corrected chi connectivity index (χ1v) is 7.19. The minimum Gasteiger partial charge on any atom is -0.478 e. The fourth-order valence-corrected chi connectivity index (χ4v) is 2.36. The van der Waals surface area contributed by atoms with Gasteiger partial charge in [0, 0.05) is 0 Å². The Morgan fingerprint density at radius 2 is 1.86 bits per heavy atom. The zero-order valence-corrected chi connectivity index (χ0v) is 13.2. The van der Waals surface area contributed by atoms with Crippen LogP contribution in [0.4, 0.5) is 0 Å². The Bertz CT molecular complexity index is 500. The van der Waals surface area contributed by atoms with Gasteiger partial charge < -0.3 is 9.84 Å². The van der Waals surface area contributed by atoms with Crippen LogP contribution in [-0.2, 0) is 4.74 Å². The fourth-order valence-electron chi connectivity index (χ4n) is 2.36. The average Bonchev–Trinajstić information content (AvgIpc) is 2.36. The maximum absolute atomic E-state index is 11.9. The summed E-state index contributed by atoms with van der Waals surface area (Å²) < 4.78 is 5.22. The second-order valence-corrected chi connectivity index (χ2v) is 6.68. The number of carboxylic acid groups (broad SMARTS) is 1. The highest BCUT2D eigenvalue weighted by Gasteiger charge is 2.16.